The second-order valence-corrected chi connectivity index (χ2v) is 5.75. The summed E-state index contributed by atoms with van der Waals surface area (Å²) >= 11 is 0. The van der Waals surface area contributed by atoms with Crippen LogP contribution in [0.5, 0.6) is 0 Å². The van der Waals surface area contributed by atoms with Crippen LogP contribution in [-0.4, -0.2) is 22.0 Å². The minimum absolute atomic E-state index is 0.00899. The number of rotatable bonds is 4. The van der Waals surface area contributed by atoms with Crippen molar-refractivity contribution in [3.63, 3.8) is 0 Å². The Balaban J connectivity index is 1.97. The molecule has 3 rings (SSSR count). The van der Waals surface area contributed by atoms with Gasteiger partial charge in [0.05, 0.1) is 4.92 Å². The van der Waals surface area contributed by atoms with Crippen LogP contribution in [0.4, 0.5) is 11.4 Å². The average molecular weight is 312 g/mol. The fourth-order valence-electron chi connectivity index (χ4n) is 3.04. The normalized spacial score (nSPS) is 16.2. The molecule has 1 N–H and O–H groups in total. The maximum atomic E-state index is 11.6. The van der Waals surface area contributed by atoms with E-state index in [0.717, 1.165) is 16.8 Å². The van der Waals surface area contributed by atoms with Crippen molar-refractivity contribution in [2.45, 2.75) is 25.9 Å². The molecule has 6 heteroatoms. The number of anilines is 1. The molecule has 1 unspecified atom stereocenters. The third-order valence-corrected chi connectivity index (χ3v) is 4.09. The molecule has 0 saturated heterocycles. The molecular weight excluding hydrogens is 296 g/mol. The van der Waals surface area contributed by atoms with Crippen LogP contribution in [0, 0.1) is 17.0 Å². The summed E-state index contributed by atoms with van der Waals surface area (Å²) in [5.41, 5.74) is 3.58. The number of hydrogen-bond acceptors (Lipinski definition) is 4. The molecule has 0 bridgehead atoms. The van der Waals surface area contributed by atoms with Gasteiger partial charge in [-0.1, -0.05) is 29.8 Å². The zero-order valence-corrected chi connectivity index (χ0v) is 12.6. The second kappa shape index (κ2) is 5.72. The van der Waals surface area contributed by atoms with Crippen molar-refractivity contribution in [2.24, 2.45) is 0 Å². The van der Waals surface area contributed by atoms with Crippen LogP contribution < -0.4 is 4.90 Å². The highest BCUT2D eigenvalue weighted by molar-refractivity contribution is 5.82. The lowest BCUT2D eigenvalue weighted by molar-refractivity contribution is -0.384. The molecule has 1 heterocycles. The zero-order valence-electron chi connectivity index (χ0n) is 12.6. The number of fused-ring (bicyclic) bond motifs is 1. The number of aliphatic carboxylic acids is 1. The van der Waals surface area contributed by atoms with E-state index < -0.39 is 16.9 Å². The lowest BCUT2D eigenvalue weighted by Gasteiger charge is -2.25. The summed E-state index contributed by atoms with van der Waals surface area (Å²) in [5.74, 6) is -0.920. The number of nitrogens with zero attached hydrogens (tertiary/aromatic N) is 2. The van der Waals surface area contributed by atoms with Gasteiger partial charge >= 0.3 is 5.97 Å². The van der Waals surface area contributed by atoms with Gasteiger partial charge in [0.15, 0.2) is 0 Å². The summed E-state index contributed by atoms with van der Waals surface area (Å²) in [6.07, 6.45) is 0.276. The molecule has 1 aliphatic heterocycles. The molecule has 2 aromatic carbocycles. The molecule has 0 saturated carbocycles. The number of hydrogen-bond donors (Lipinski definition) is 1. The maximum Gasteiger partial charge on any atom is 0.326 e. The average Bonchev–Trinajstić information content (AvgIpc) is 2.85. The number of nitro benzene ring substituents is 1. The molecule has 2 aromatic rings. The first-order valence-corrected chi connectivity index (χ1v) is 7.28. The molecule has 1 atom stereocenters. The smallest absolute Gasteiger partial charge is 0.326 e. The first-order valence-electron chi connectivity index (χ1n) is 7.28. The Kier molecular flexibility index (Phi) is 3.73. The summed E-state index contributed by atoms with van der Waals surface area (Å²) in [4.78, 5) is 23.8. The molecule has 118 valence electrons. The number of carboxylic acid groups (broad SMARTS) is 1. The van der Waals surface area contributed by atoms with E-state index in [9.17, 15) is 20.0 Å². The SMILES string of the molecule is Cc1cccc(CN2c3ccc([N+](=O)[O-])cc3CC2C(=O)O)c1. The summed E-state index contributed by atoms with van der Waals surface area (Å²) in [6, 6.07) is 11.7. The summed E-state index contributed by atoms with van der Waals surface area (Å²) in [5, 5.41) is 20.4. The molecule has 1 aliphatic rings. The first kappa shape index (κ1) is 15.0. The van der Waals surface area contributed by atoms with Crippen LogP contribution in [0.3, 0.4) is 0 Å². The number of benzene rings is 2. The molecular formula is C17H16N2O4. The largest absolute Gasteiger partial charge is 0.480 e. The molecule has 0 fully saturated rings. The number of aryl methyl sites for hydroxylation is 1. The van der Waals surface area contributed by atoms with Gasteiger partial charge in [-0.15, -0.1) is 0 Å². The third-order valence-electron chi connectivity index (χ3n) is 4.09. The predicted molar refractivity (Wildman–Crippen MR) is 85.6 cm³/mol. The van der Waals surface area contributed by atoms with Crippen molar-refractivity contribution in [1.29, 1.82) is 0 Å². The van der Waals surface area contributed by atoms with Crippen molar-refractivity contribution in [1.82, 2.24) is 0 Å². The van der Waals surface area contributed by atoms with E-state index in [1.807, 2.05) is 31.2 Å². The Morgan fingerprint density at radius 1 is 1.35 bits per heavy atom. The van der Waals surface area contributed by atoms with Crippen molar-refractivity contribution in [2.75, 3.05) is 4.90 Å². The molecule has 0 radical (unpaired) electrons. The molecule has 23 heavy (non-hydrogen) atoms. The highest BCUT2D eigenvalue weighted by atomic mass is 16.6. The summed E-state index contributed by atoms with van der Waals surface area (Å²) in [7, 11) is 0. The Morgan fingerprint density at radius 2 is 2.13 bits per heavy atom. The van der Waals surface area contributed by atoms with Crippen LogP contribution in [0.25, 0.3) is 0 Å². The van der Waals surface area contributed by atoms with Gasteiger partial charge in [0.25, 0.3) is 5.69 Å². The standard InChI is InChI=1S/C17H16N2O4/c1-11-3-2-4-12(7-11)10-18-15-6-5-14(19(22)23)8-13(15)9-16(18)17(20)21/h2-8,16H,9-10H2,1H3,(H,20,21). The van der Waals surface area contributed by atoms with Crippen molar-refractivity contribution >= 4 is 17.3 Å². The van der Waals surface area contributed by atoms with E-state index in [1.54, 1.807) is 11.0 Å². The van der Waals surface area contributed by atoms with E-state index in [0.29, 0.717) is 12.1 Å². The number of non-ortho nitro benzene ring substituents is 1. The molecule has 0 spiro atoms. The van der Waals surface area contributed by atoms with Crippen molar-refractivity contribution in [3.05, 3.63) is 69.3 Å². The number of nitro groups is 1. The van der Waals surface area contributed by atoms with Crippen molar-refractivity contribution in [3.8, 4) is 0 Å². The fraction of sp³-hybridized carbons (Fsp3) is 0.235. The van der Waals surface area contributed by atoms with E-state index in [-0.39, 0.29) is 12.1 Å². The number of carboxylic acids is 1. The molecule has 0 aromatic heterocycles. The predicted octanol–water partition coefficient (Wildman–Crippen LogP) is 2.92. The Hall–Kier alpha value is -2.89. The van der Waals surface area contributed by atoms with Gasteiger partial charge in [-0.3, -0.25) is 10.1 Å². The Labute approximate surface area is 133 Å². The van der Waals surface area contributed by atoms with Gasteiger partial charge in [0.1, 0.15) is 6.04 Å². The molecule has 0 amide bonds. The van der Waals surface area contributed by atoms with Gasteiger partial charge < -0.3 is 10.0 Å². The van der Waals surface area contributed by atoms with Gasteiger partial charge in [-0.25, -0.2) is 4.79 Å². The van der Waals surface area contributed by atoms with E-state index in [4.69, 9.17) is 0 Å². The van der Waals surface area contributed by atoms with Gasteiger partial charge in [-0.05, 0) is 24.1 Å². The van der Waals surface area contributed by atoms with Crippen LogP contribution >= 0.6 is 0 Å². The molecule has 0 aliphatic carbocycles. The summed E-state index contributed by atoms with van der Waals surface area (Å²) in [6.45, 7) is 2.45. The van der Waals surface area contributed by atoms with Crippen LogP contribution in [-0.2, 0) is 17.8 Å². The highest BCUT2D eigenvalue weighted by Crippen LogP contribution is 2.36. The lowest BCUT2D eigenvalue weighted by atomic mass is 10.1. The monoisotopic (exact) mass is 312 g/mol. The zero-order chi connectivity index (χ0) is 16.6. The maximum absolute atomic E-state index is 11.6. The fourth-order valence-corrected chi connectivity index (χ4v) is 3.04. The van der Waals surface area contributed by atoms with Gasteiger partial charge in [-0.2, -0.15) is 0 Å². The minimum Gasteiger partial charge on any atom is -0.480 e. The van der Waals surface area contributed by atoms with Gasteiger partial charge in [0, 0.05) is 30.8 Å². The minimum atomic E-state index is -0.920. The quantitative estimate of drug-likeness (QED) is 0.693. The van der Waals surface area contributed by atoms with Crippen molar-refractivity contribution < 1.29 is 14.8 Å². The molecule has 6 nitrogen and oxygen atoms in total. The van der Waals surface area contributed by atoms with E-state index >= 15 is 0 Å². The third kappa shape index (κ3) is 2.88. The number of carbonyl (C=O) groups is 1. The summed E-state index contributed by atoms with van der Waals surface area (Å²) < 4.78 is 0. The first-order chi connectivity index (χ1) is 11.0. The lowest BCUT2D eigenvalue weighted by Crippen LogP contribution is -2.38. The highest BCUT2D eigenvalue weighted by Gasteiger charge is 2.35. The second-order valence-electron chi connectivity index (χ2n) is 5.75. The van der Waals surface area contributed by atoms with Crippen LogP contribution in [0.15, 0.2) is 42.5 Å². The van der Waals surface area contributed by atoms with Crippen LogP contribution in [0.1, 0.15) is 16.7 Å². The Bertz CT molecular complexity index is 788. The van der Waals surface area contributed by atoms with E-state index in [1.165, 1.54) is 12.1 Å². The van der Waals surface area contributed by atoms with Crippen LogP contribution in [0.2, 0.25) is 0 Å². The van der Waals surface area contributed by atoms with E-state index in [2.05, 4.69) is 0 Å². The topological polar surface area (TPSA) is 83.7 Å². The van der Waals surface area contributed by atoms with Gasteiger partial charge in [0.2, 0.25) is 0 Å². The Morgan fingerprint density at radius 3 is 2.78 bits per heavy atom.